The van der Waals surface area contributed by atoms with Crippen LogP contribution in [0.15, 0.2) is 0 Å². The zero-order chi connectivity index (χ0) is 8.75. The monoisotopic (exact) mass is 178 g/mol. The molecule has 68 valence electrons. The summed E-state index contributed by atoms with van der Waals surface area (Å²) in [4.78, 5) is 11.1. The first-order valence-corrected chi connectivity index (χ1v) is 5.08. The summed E-state index contributed by atoms with van der Waals surface area (Å²) in [5, 5.41) is 18.5. The van der Waals surface area contributed by atoms with E-state index in [4.69, 9.17) is 5.11 Å². The lowest BCUT2D eigenvalue weighted by Crippen LogP contribution is -3.11. The molecule has 0 unspecified atom stereocenters. The molecular weight excluding hydrogens is 168 g/mol. The van der Waals surface area contributed by atoms with Crippen molar-refractivity contribution in [2.75, 3.05) is 6.61 Å². The van der Waals surface area contributed by atoms with Crippen LogP contribution in [0.2, 0.25) is 0 Å². The molecule has 0 saturated heterocycles. The second-order valence-electron chi connectivity index (χ2n) is 5.66. The molecule has 0 spiro atoms. The van der Waals surface area contributed by atoms with E-state index in [9.17, 15) is 9.90 Å². The molecule has 0 aromatic rings. The molecular formula is C10H10O3. The number of aliphatic hydroxyl groups excluding tert-OH is 1. The van der Waals surface area contributed by atoms with Crippen LogP contribution in [-0.4, -0.2) is 22.8 Å². The lowest BCUT2D eigenvalue weighted by molar-refractivity contribution is -0.646. The van der Waals surface area contributed by atoms with E-state index in [0.717, 1.165) is 0 Å². The van der Waals surface area contributed by atoms with Crippen molar-refractivity contribution in [3.05, 3.63) is 0 Å². The topological polar surface area (TPSA) is 57.5 Å². The van der Waals surface area contributed by atoms with Gasteiger partial charge in [0.05, 0.1) is 5.41 Å². The van der Waals surface area contributed by atoms with Gasteiger partial charge in [-0.15, -0.1) is 0 Å². The molecule has 6 aliphatic rings. The van der Waals surface area contributed by atoms with Crippen molar-refractivity contribution in [2.24, 2.45) is 46.3 Å². The predicted octanol–water partition coefficient (Wildman–Crippen LogP) is -0.199. The fraction of sp³-hybridized carbons (Fsp3) is 0.900. The smallest absolute Gasteiger partial charge is 0.310 e. The van der Waals surface area contributed by atoms with Crippen LogP contribution in [0.25, 0.3) is 0 Å². The van der Waals surface area contributed by atoms with E-state index in [1.165, 1.54) is 0 Å². The average molecular weight is 178 g/mol. The highest BCUT2D eigenvalue weighted by Crippen LogP contribution is 3.10. The van der Waals surface area contributed by atoms with E-state index in [-0.39, 0.29) is 10.8 Å². The highest BCUT2D eigenvalue weighted by molar-refractivity contribution is 5.86. The molecule has 0 bridgehead atoms. The third kappa shape index (κ3) is 0.217. The third-order valence-electron chi connectivity index (χ3n) is 6.48. The Morgan fingerprint density at radius 2 is 1.54 bits per heavy atom. The van der Waals surface area contributed by atoms with Crippen LogP contribution in [0.4, 0.5) is 0 Å². The second kappa shape index (κ2) is 1.11. The average Bonchev–Trinajstić information content (AvgIpc) is 2.16. The summed E-state index contributed by atoms with van der Waals surface area (Å²) < 4.78 is 0. The van der Waals surface area contributed by atoms with Crippen molar-refractivity contribution in [3.8, 4) is 0 Å². The van der Waals surface area contributed by atoms with Gasteiger partial charge in [-0.2, -0.15) is 0 Å². The molecule has 0 radical (unpaired) electrons. The molecule has 0 amide bonds. The van der Waals surface area contributed by atoms with Gasteiger partial charge in [0.2, 0.25) is 0 Å². The predicted molar refractivity (Wildman–Crippen MR) is 40.5 cm³/mol. The number of hydrogen-bond donors (Lipinski definition) is 2. The lowest BCUT2D eigenvalue weighted by atomic mass is 8.92. The summed E-state index contributed by atoms with van der Waals surface area (Å²) in [6.07, 6.45) is 0. The van der Waals surface area contributed by atoms with Crippen molar-refractivity contribution in [1.82, 2.24) is 0 Å². The molecule has 6 rings (SSSR count). The molecule has 2 N–H and O–H groups in total. The summed E-state index contributed by atoms with van der Waals surface area (Å²) in [5.74, 6) is 2.77. The molecule has 13 heavy (non-hydrogen) atoms. The van der Waals surface area contributed by atoms with E-state index in [1.54, 1.807) is 0 Å². The summed E-state index contributed by atoms with van der Waals surface area (Å²) in [6, 6.07) is 0. The van der Waals surface area contributed by atoms with Gasteiger partial charge >= 0.3 is 5.97 Å². The molecule has 0 heterocycles. The first-order valence-electron chi connectivity index (χ1n) is 5.08. The second-order valence-corrected chi connectivity index (χ2v) is 5.66. The van der Waals surface area contributed by atoms with Gasteiger partial charge in [-0.1, -0.05) is 0 Å². The molecule has 0 aromatic heterocycles. The Hall–Kier alpha value is -0.570. The van der Waals surface area contributed by atoms with Gasteiger partial charge in [0.25, 0.3) is 0 Å². The Morgan fingerprint density at radius 1 is 1.08 bits per heavy atom. The van der Waals surface area contributed by atoms with Crippen molar-refractivity contribution in [1.29, 1.82) is 0 Å². The summed E-state index contributed by atoms with van der Waals surface area (Å²) >= 11 is 0. The van der Waals surface area contributed by atoms with Gasteiger partial charge < -0.3 is 10.2 Å². The zero-order valence-corrected chi connectivity index (χ0v) is 6.97. The van der Waals surface area contributed by atoms with Crippen molar-refractivity contribution < 1.29 is 15.0 Å². The molecule has 3 heteroatoms. The standard InChI is InChI=1S/C10H10O3/c11-1-9-2-5-3(9)7-4(9)6(2)10(5,7)8(12)13/h2-7,11H,1H2,(H,12,13). The SMILES string of the molecule is O=C(O)C12C3C4C1C1C2C3C41CO. The van der Waals surface area contributed by atoms with Crippen molar-refractivity contribution in [2.45, 2.75) is 0 Å². The van der Waals surface area contributed by atoms with Gasteiger partial charge in [0.1, 0.15) is 0 Å². The van der Waals surface area contributed by atoms with E-state index in [0.29, 0.717) is 42.1 Å². The Morgan fingerprint density at radius 3 is 1.85 bits per heavy atom. The minimum absolute atomic E-state index is 0.253. The number of aliphatic carboxylic acids is 1. The molecule has 0 atom stereocenters. The molecule has 6 fully saturated rings. The van der Waals surface area contributed by atoms with E-state index < -0.39 is 5.97 Å². The first-order chi connectivity index (χ1) is 6.24. The number of aliphatic hydroxyl groups is 1. The number of carboxylic acids is 1. The highest BCUT2D eigenvalue weighted by atomic mass is 16.4. The third-order valence-corrected chi connectivity index (χ3v) is 6.48. The van der Waals surface area contributed by atoms with Crippen LogP contribution in [0.5, 0.6) is 0 Å². The number of hydrogen-bond acceptors (Lipinski definition) is 2. The van der Waals surface area contributed by atoms with Crippen LogP contribution in [0, 0.1) is 46.3 Å². The van der Waals surface area contributed by atoms with Crippen molar-refractivity contribution in [3.63, 3.8) is 0 Å². The lowest BCUT2D eigenvalue weighted by Gasteiger charge is -3.10. The maximum absolute atomic E-state index is 11.1. The maximum Gasteiger partial charge on any atom is 0.310 e. The summed E-state index contributed by atoms with van der Waals surface area (Å²) in [5.41, 5.74) is 0.00806. The molecule has 6 saturated carbocycles. The van der Waals surface area contributed by atoms with Crippen LogP contribution >= 0.6 is 0 Å². The van der Waals surface area contributed by atoms with E-state index >= 15 is 0 Å². The van der Waals surface area contributed by atoms with Gasteiger partial charge in [-0.3, -0.25) is 4.79 Å². The van der Waals surface area contributed by atoms with Gasteiger partial charge in [0.15, 0.2) is 0 Å². The Kier molecular flexibility index (Phi) is 0.515. The summed E-state index contributed by atoms with van der Waals surface area (Å²) in [6.45, 7) is 0.326. The fourth-order valence-corrected chi connectivity index (χ4v) is 6.49. The fourth-order valence-electron chi connectivity index (χ4n) is 6.49. The molecule has 6 aliphatic carbocycles. The minimum Gasteiger partial charge on any atom is -0.481 e. The molecule has 0 aliphatic heterocycles. The quantitative estimate of drug-likeness (QED) is 0.615. The maximum atomic E-state index is 11.1. The van der Waals surface area contributed by atoms with Crippen LogP contribution in [-0.2, 0) is 4.79 Å². The minimum atomic E-state index is -0.539. The van der Waals surface area contributed by atoms with Gasteiger partial charge in [0, 0.05) is 12.0 Å². The normalized spacial score (nSPS) is 82.2. The Labute approximate surface area is 74.7 Å². The Balaban J connectivity index is 1.67. The Bertz CT molecular complexity index is 332. The van der Waals surface area contributed by atoms with Gasteiger partial charge in [-0.05, 0) is 35.5 Å². The first kappa shape index (κ1) is 6.02. The largest absolute Gasteiger partial charge is 0.481 e. The number of carbonyl (C=O) groups is 1. The summed E-state index contributed by atoms with van der Waals surface area (Å²) in [7, 11) is 0. The highest BCUT2D eigenvalue weighted by Gasteiger charge is 3.11. The van der Waals surface area contributed by atoms with Crippen molar-refractivity contribution >= 4 is 5.97 Å². The van der Waals surface area contributed by atoms with Crippen LogP contribution in [0.3, 0.4) is 0 Å². The molecule has 0 aromatic carbocycles. The van der Waals surface area contributed by atoms with E-state index in [2.05, 4.69) is 0 Å². The van der Waals surface area contributed by atoms with Crippen LogP contribution in [0.1, 0.15) is 0 Å². The van der Waals surface area contributed by atoms with Gasteiger partial charge in [-0.25, -0.2) is 0 Å². The number of rotatable bonds is 2. The molecule has 3 nitrogen and oxygen atoms in total. The van der Waals surface area contributed by atoms with E-state index in [1.807, 2.05) is 0 Å². The number of carboxylic acid groups (broad SMARTS) is 1. The van der Waals surface area contributed by atoms with Crippen LogP contribution < -0.4 is 0 Å². The zero-order valence-electron chi connectivity index (χ0n) is 6.97.